The van der Waals surface area contributed by atoms with Gasteiger partial charge in [0.1, 0.15) is 0 Å². The lowest BCUT2D eigenvalue weighted by Gasteiger charge is -2.58. The summed E-state index contributed by atoms with van der Waals surface area (Å²) in [6.45, 7) is 17.4. The fourth-order valence-electron chi connectivity index (χ4n) is 9.70. The molecule has 0 amide bonds. The molecule has 0 aromatic carbocycles. The highest BCUT2D eigenvalue weighted by Crippen LogP contribution is 2.67. The second kappa shape index (κ2) is 13.2. The van der Waals surface area contributed by atoms with Crippen LogP contribution in [0.4, 0.5) is 0 Å². The molecule has 0 spiro atoms. The smallest absolute Gasteiger partial charge is 0.319 e. The van der Waals surface area contributed by atoms with E-state index in [1.807, 2.05) is 6.92 Å². The molecule has 8 atom stereocenters. The Morgan fingerprint density at radius 2 is 1.89 bits per heavy atom. The zero-order chi connectivity index (χ0) is 27.3. The molecule has 3 fully saturated rings. The standard InChI is InChI=1S/C34H59NO3/c1-7-38-32(36)22-35-19-20-37-23-26-15-17-33(5)27(21-26)11-12-28-30-14-13-29(25(4)10-8-9-24(2)3)34(30,6)18-16-31(28)33/h11,24-26,28-31,35H,7-10,12-23H2,1-6H3/t25-,26+,28?,29-,30?,31?,33+,34-/m1/s1. The van der Waals surface area contributed by atoms with E-state index in [1.165, 1.54) is 70.6 Å². The number of hydrogen-bond acceptors (Lipinski definition) is 4. The number of carbonyl (C=O) groups is 1. The Balaban J connectivity index is 1.28. The minimum atomic E-state index is -0.186. The zero-order valence-corrected chi connectivity index (χ0v) is 25.7. The van der Waals surface area contributed by atoms with Gasteiger partial charge in [-0.05, 0) is 111 Å². The van der Waals surface area contributed by atoms with Crippen LogP contribution in [0.3, 0.4) is 0 Å². The van der Waals surface area contributed by atoms with Crippen LogP contribution in [0.1, 0.15) is 112 Å². The van der Waals surface area contributed by atoms with Gasteiger partial charge in [-0.2, -0.15) is 0 Å². The van der Waals surface area contributed by atoms with Crippen LogP contribution in [0.5, 0.6) is 0 Å². The number of allylic oxidation sites excluding steroid dienone is 2. The molecule has 0 aromatic heterocycles. The molecule has 0 aliphatic heterocycles. The predicted octanol–water partition coefficient (Wildman–Crippen LogP) is 7.81. The highest BCUT2D eigenvalue weighted by atomic mass is 16.5. The number of ether oxygens (including phenoxy) is 2. The number of hydrogen-bond donors (Lipinski definition) is 1. The summed E-state index contributed by atoms with van der Waals surface area (Å²) >= 11 is 0. The molecule has 38 heavy (non-hydrogen) atoms. The number of carbonyl (C=O) groups excluding carboxylic acids is 1. The molecular weight excluding hydrogens is 470 g/mol. The van der Waals surface area contributed by atoms with E-state index >= 15 is 0 Å². The average Bonchev–Trinajstić information content (AvgIpc) is 3.23. The molecule has 0 radical (unpaired) electrons. The summed E-state index contributed by atoms with van der Waals surface area (Å²) in [6, 6.07) is 0. The van der Waals surface area contributed by atoms with Crippen LogP contribution in [0.15, 0.2) is 11.6 Å². The maximum Gasteiger partial charge on any atom is 0.319 e. The highest BCUT2D eigenvalue weighted by molar-refractivity contribution is 5.71. The van der Waals surface area contributed by atoms with Crippen LogP contribution in [0, 0.1) is 52.3 Å². The largest absolute Gasteiger partial charge is 0.465 e. The summed E-state index contributed by atoms with van der Waals surface area (Å²) in [5, 5.41) is 3.12. The molecule has 4 rings (SSSR count). The van der Waals surface area contributed by atoms with Crippen molar-refractivity contribution in [3.05, 3.63) is 11.6 Å². The summed E-state index contributed by atoms with van der Waals surface area (Å²) in [7, 11) is 0. The van der Waals surface area contributed by atoms with Gasteiger partial charge in [0.2, 0.25) is 0 Å². The molecule has 0 bridgehead atoms. The molecule has 0 aromatic rings. The lowest BCUT2D eigenvalue weighted by atomic mass is 9.46. The lowest BCUT2D eigenvalue weighted by molar-refractivity contribution is -0.142. The van der Waals surface area contributed by atoms with Gasteiger partial charge in [0.25, 0.3) is 0 Å². The van der Waals surface area contributed by atoms with Crippen molar-refractivity contribution < 1.29 is 14.3 Å². The summed E-state index contributed by atoms with van der Waals surface area (Å²) in [4.78, 5) is 11.4. The second-order valence-electron chi connectivity index (χ2n) is 14.5. The van der Waals surface area contributed by atoms with E-state index < -0.39 is 0 Å². The maximum atomic E-state index is 11.4. The Hall–Kier alpha value is -0.870. The topological polar surface area (TPSA) is 47.6 Å². The van der Waals surface area contributed by atoms with Crippen LogP contribution >= 0.6 is 0 Å². The summed E-state index contributed by atoms with van der Waals surface area (Å²) in [5.41, 5.74) is 2.76. The summed E-state index contributed by atoms with van der Waals surface area (Å²) < 4.78 is 11.0. The Kier molecular flexibility index (Phi) is 10.5. The van der Waals surface area contributed by atoms with Crippen molar-refractivity contribution in [2.45, 2.75) is 112 Å². The van der Waals surface area contributed by atoms with Crippen molar-refractivity contribution in [2.75, 3.05) is 32.9 Å². The summed E-state index contributed by atoms with van der Waals surface area (Å²) in [6.07, 6.45) is 18.0. The van der Waals surface area contributed by atoms with E-state index in [0.717, 1.165) is 42.1 Å². The van der Waals surface area contributed by atoms with E-state index in [-0.39, 0.29) is 12.5 Å². The minimum absolute atomic E-state index is 0.186. The van der Waals surface area contributed by atoms with Crippen molar-refractivity contribution in [3.63, 3.8) is 0 Å². The van der Waals surface area contributed by atoms with E-state index in [0.29, 0.717) is 36.5 Å². The van der Waals surface area contributed by atoms with E-state index in [4.69, 9.17) is 9.47 Å². The van der Waals surface area contributed by atoms with Gasteiger partial charge in [0.15, 0.2) is 0 Å². The third-order valence-corrected chi connectivity index (χ3v) is 11.8. The molecule has 4 aliphatic carbocycles. The maximum absolute atomic E-state index is 11.4. The van der Waals surface area contributed by atoms with Crippen LogP contribution in [0.25, 0.3) is 0 Å². The van der Waals surface area contributed by atoms with Gasteiger partial charge in [-0.25, -0.2) is 0 Å². The van der Waals surface area contributed by atoms with Crippen LogP contribution in [-0.2, 0) is 14.3 Å². The first-order valence-corrected chi connectivity index (χ1v) is 16.3. The third kappa shape index (κ3) is 6.54. The van der Waals surface area contributed by atoms with Crippen LogP contribution in [-0.4, -0.2) is 38.9 Å². The average molecular weight is 530 g/mol. The van der Waals surface area contributed by atoms with Gasteiger partial charge in [0, 0.05) is 13.2 Å². The number of fused-ring (bicyclic) bond motifs is 5. The second-order valence-corrected chi connectivity index (χ2v) is 14.5. The van der Waals surface area contributed by atoms with Crippen molar-refractivity contribution in [1.29, 1.82) is 0 Å². The first-order valence-electron chi connectivity index (χ1n) is 16.3. The first-order chi connectivity index (χ1) is 18.2. The van der Waals surface area contributed by atoms with Gasteiger partial charge < -0.3 is 14.8 Å². The van der Waals surface area contributed by atoms with Crippen molar-refractivity contribution >= 4 is 5.97 Å². The van der Waals surface area contributed by atoms with E-state index in [9.17, 15) is 4.79 Å². The molecular formula is C34H59NO3. The highest BCUT2D eigenvalue weighted by Gasteiger charge is 2.59. The van der Waals surface area contributed by atoms with Crippen molar-refractivity contribution in [3.8, 4) is 0 Å². The van der Waals surface area contributed by atoms with Crippen LogP contribution in [0.2, 0.25) is 0 Å². The summed E-state index contributed by atoms with van der Waals surface area (Å²) in [5.74, 6) is 5.88. The molecule has 4 nitrogen and oxygen atoms in total. The van der Waals surface area contributed by atoms with Gasteiger partial charge >= 0.3 is 5.97 Å². The first kappa shape index (κ1) is 30.1. The third-order valence-electron chi connectivity index (χ3n) is 11.8. The lowest BCUT2D eigenvalue weighted by Crippen LogP contribution is -2.50. The molecule has 3 unspecified atom stereocenters. The molecule has 1 N–H and O–H groups in total. The molecule has 218 valence electrons. The van der Waals surface area contributed by atoms with E-state index in [2.05, 4.69) is 46.0 Å². The fourth-order valence-corrected chi connectivity index (χ4v) is 9.70. The van der Waals surface area contributed by atoms with Crippen molar-refractivity contribution in [2.24, 2.45) is 52.3 Å². The number of rotatable bonds is 13. The molecule has 3 saturated carbocycles. The quantitative estimate of drug-likeness (QED) is 0.150. The predicted molar refractivity (Wildman–Crippen MR) is 157 cm³/mol. The fraction of sp³-hybridized carbons (Fsp3) is 0.912. The Bertz CT molecular complexity index is 808. The monoisotopic (exact) mass is 529 g/mol. The number of esters is 1. The normalized spacial score (nSPS) is 37.2. The Morgan fingerprint density at radius 3 is 2.66 bits per heavy atom. The van der Waals surface area contributed by atoms with Crippen molar-refractivity contribution in [1.82, 2.24) is 5.32 Å². The molecule has 0 saturated heterocycles. The van der Waals surface area contributed by atoms with Crippen LogP contribution < -0.4 is 5.32 Å². The minimum Gasteiger partial charge on any atom is -0.465 e. The molecule has 0 heterocycles. The molecule has 4 heteroatoms. The Morgan fingerprint density at radius 1 is 1.08 bits per heavy atom. The SMILES string of the molecule is CCOC(=O)CNCCOC[C@H]1CC[C@@]2(C)C(=CCC3C2CC[C@@]2(C)C3CC[C@@H]2[C@H](C)CCCC(C)C)C1. The van der Waals surface area contributed by atoms with Gasteiger partial charge in [-0.3, -0.25) is 4.79 Å². The van der Waals surface area contributed by atoms with Gasteiger partial charge in [-0.1, -0.05) is 65.5 Å². The van der Waals surface area contributed by atoms with E-state index in [1.54, 1.807) is 5.57 Å². The van der Waals surface area contributed by atoms with Gasteiger partial charge in [0.05, 0.1) is 19.8 Å². The Labute approximate surface area is 234 Å². The van der Waals surface area contributed by atoms with Gasteiger partial charge in [-0.15, -0.1) is 0 Å². The molecule has 4 aliphatic rings. The number of nitrogens with one attached hydrogen (secondary N) is 1. The zero-order valence-electron chi connectivity index (χ0n) is 25.7.